The summed E-state index contributed by atoms with van der Waals surface area (Å²) in [5.41, 5.74) is 2.41. The number of amides is 1. The third-order valence-corrected chi connectivity index (χ3v) is 3.02. The molecule has 2 rings (SSSR count). The Balaban J connectivity index is 2.18. The number of aliphatic hydroxyl groups is 1. The number of carbonyl (C=O) groups is 1. The van der Waals surface area contributed by atoms with Crippen molar-refractivity contribution in [3.63, 3.8) is 0 Å². The van der Waals surface area contributed by atoms with Gasteiger partial charge in [0.1, 0.15) is 6.61 Å². The number of nitrogens with zero attached hydrogens (tertiary/aromatic N) is 2. The number of benzene rings is 1. The van der Waals surface area contributed by atoms with E-state index in [9.17, 15) is 4.79 Å². The molecule has 108 valence electrons. The summed E-state index contributed by atoms with van der Waals surface area (Å²) in [5.74, 6) is 5.52. The minimum Gasteiger partial charge on any atom is -0.384 e. The van der Waals surface area contributed by atoms with Gasteiger partial charge in [0, 0.05) is 24.7 Å². The first kappa shape index (κ1) is 14.8. The average Bonchev–Trinajstić information content (AvgIpc) is 2.91. The largest absolute Gasteiger partial charge is 0.384 e. The van der Waals surface area contributed by atoms with Gasteiger partial charge in [-0.25, -0.2) is 0 Å². The number of hydrogen-bond donors (Lipinski definition) is 1. The van der Waals surface area contributed by atoms with E-state index in [1.54, 1.807) is 18.9 Å². The van der Waals surface area contributed by atoms with Gasteiger partial charge in [-0.3, -0.25) is 4.79 Å². The van der Waals surface area contributed by atoms with Crippen molar-refractivity contribution in [1.82, 2.24) is 10.1 Å². The van der Waals surface area contributed by atoms with E-state index in [2.05, 4.69) is 17.0 Å². The predicted octanol–water partition coefficient (Wildman–Crippen LogP) is 1.60. The first-order valence-electron chi connectivity index (χ1n) is 6.48. The number of aromatic nitrogens is 1. The molecule has 1 heterocycles. The smallest absolute Gasteiger partial charge is 0.292 e. The fourth-order valence-electron chi connectivity index (χ4n) is 1.91. The molecule has 0 aliphatic carbocycles. The van der Waals surface area contributed by atoms with E-state index in [4.69, 9.17) is 9.63 Å². The van der Waals surface area contributed by atoms with Crippen LogP contribution in [0.3, 0.4) is 0 Å². The van der Waals surface area contributed by atoms with Crippen LogP contribution in [0, 0.1) is 18.8 Å². The molecule has 2 aromatic rings. The molecule has 0 saturated carbocycles. The van der Waals surface area contributed by atoms with Crippen LogP contribution >= 0.6 is 0 Å². The monoisotopic (exact) mass is 284 g/mol. The zero-order valence-electron chi connectivity index (χ0n) is 12.0. The van der Waals surface area contributed by atoms with Crippen molar-refractivity contribution >= 4 is 5.91 Å². The van der Waals surface area contributed by atoms with Gasteiger partial charge in [-0.2, -0.15) is 0 Å². The van der Waals surface area contributed by atoms with Gasteiger partial charge in [-0.15, -0.1) is 0 Å². The quantitative estimate of drug-likeness (QED) is 0.869. The SMILES string of the molecule is Cc1cnoc1C(=O)N(C)Cc1ccccc1C#CCO. The molecule has 0 fully saturated rings. The highest BCUT2D eigenvalue weighted by Gasteiger charge is 2.19. The Morgan fingerprint density at radius 3 is 2.86 bits per heavy atom. The van der Waals surface area contributed by atoms with Gasteiger partial charge in [0.2, 0.25) is 5.76 Å². The van der Waals surface area contributed by atoms with E-state index in [0.717, 1.165) is 11.1 Å². The van der Waals surface area contributed by atoms with E-state index in [1.165, 1.54) is 6.20 Å². The van der Waals surface area contributed by atoms with Crippen LogP contribution in [0.25, 0.3) is 0 Å². The lowest BCUT2D eigenvalue weighted by atomic mass is 10.1. The van der Waals surface area contributed by atoms with E-state index in [1.807, 2.05) is 24.3 Å². The molecule has 1 aromatic heterocycles. The predicted molar refractivity (Wildman–Crippen MR) is 77.4 cm³/mol. The molecule has 0 aliphatic heterocycles. The highest BCUT2D eigenvalue weighted by atomic mass is 16.5. The summed E-state index contributed by atoms with van der Waals surface area (Å²) in [6.07, 6.45) is 1.52. The minimum atomic E-state index is -0.227. The van der Waals surface area contributed by atoms with Gasteiger partial charge in [0.15, 0.2) is 0 Å². The molecular weight excluding hydrogens is 268 g/mol. The molecular formula is C16H16N2O3. The summed E-state index contributed by atoms with van der Waals surface area (Å²) in [6, 6.07) is 7.51. The summed E-state index contributed by atoms with van der Waals surface area (Å²) < 4.78 is 4.98. The van der Waals surface area contributed by atoms with Crippen molar-refractivity contribution in [2.75, 3.05) is 13.7 Å². The molecule has 0 aliphatic rings. The Hall–Kier alpha value is -2.58. The molecule has 5 heteroatoms. The first-order chi connectivity index (χ1) is 10.1. The number of rotatable bonds is 3. The normalized spacial score (nSPS) is 9.86. The molecule has 0 radical (unpaired) electrons. The van der Waals surface area contributed by atoms with Crippen molar-refractivity contribution in [2.24, 2.45) is 0 Å². The maximum Gasteiger partial charge on any atom is 0.292 e. The van der Waals surface area contributed by atoms with E-state index in [-0.39, 0.29) is 18.3 Å². The van der Waals surface area contributed by atoms with Crippen LogP contribution in [-0.2, 0) is 6.54 Å². The fraction of sp³-hybridized carbons (Fsp3) is 0.250. The lowest BCUT2D eigenvalue weighted by Crippen LogP contribution is -2.26. The Morgan fingerprint density at radius 1 is 1.43 bits per heavy atom. The Morgan fingerprint density at radius 2 is 2.19 bits per heavy atom. The highest BCUT2D eigenvalue weighted by molar-refractivity contribution is 5.92. The van der Waals surface area contributed by atoms with Gasteiger partial charge in [0.25, 0.3) is 5.91 Å². The van der Waals surface area contributed by atoms with Crippen molar-refractivity contribution in [1.29, 1.82) is 0 Å². The van der Waals surface area contributed by atoms with Gasteiger partial charge in [0.05, 0.1) is 6.20 Å². The number of carbonyl (C=O) groups excluding carboxylic acids is 1. The summed E-state index contributed by atoms with van der Waals surface area (Å²) in [6.45, 7) is 1.98. The summed E-state index contributed by atoms with van der Waals surface area (Å²) >= 11 is 0. The van der Waals surface area contributed by atoms with Crippen LogP contribution in [0.1, 0.15) is 27.2 Å². The van der Waals surface area contributed by atoms with Crippen LogP contribution in [0.5, 0.6) is 0 Å². The lowest BCUT2D eigenvalue weighted by Gasteiger charge is -2.16. The van der Waals surface area contributed by atoms with E-state index >= 15 is 0 Å². The van der Waals surface area contributed by atoms with E-state index in [0.29, 0.717) is 12.1 Å². The molecule has 0 saturated heterocycles. The topological polar surface area (TPSA) is 66.6 Å². The second-order valence-electron chi connectivity index (χ2n) is 4.62. The molecule has 1 aromatic carbocycles. The molecule has 5 nitrogen and oxygen atoms in total. The number of hydrogen-bond acceptors (Lipinski definition) is 4. The Bertz CT molecular complexity index is 695. The van der Waals surface area contributed by atoms with Crippen molar-refractivity contribution in [2.45, 2.75) is 13.5 Å². The second kappa shape index (κ2) is 6.73. The zero-order chi connectivity index (χ0) is 15.2. The third-order valence-electron chi connectivity index (χ3n) is 3.02. The summed E-state index contributed by atoms with van der Waals surface area (Å²) in [7, 11) is 1.69. The molecule has 21 heavy (non-hydrogen) atoms. The van der Waals surface area contributed by atoms with Crippen LogP contribution in [0.4, 0.5) is 0 Å². The van der Waals surface area contributed by atoms with Gasteiger partial charge >= 0.3 is 0 Å². The molecule has 0 unspecified atom stereocenters. The first-order valence-corrected chi connectivity index (χ1v) is 6.48. The number of aryl methyl sites for hydroxylation is 1. The van der Waals surface area contributed by atoms with Crippen LogP contribution in [0.2, 0.25) is 0 Å². The molecule has 1 N–H and O–H groups in total. The minimum absolute atomic E-state index is 0.194. The van der Waals surface area contributed by atoms with Crippen molar-refractivity contribution in [3.05, 3.63) is 52.9 Å². The Labute approximate surface area is 123 Å². The van der Waals surface area contributed by atoms with E-state index < -0.39 is 0 Å². The van der Waals surface area contributed by atoms with Gasteiger partial charge in [-0.1, -0.05) is 35.2 Å². The molecule has 0 atom stereocenters. The fourth-order valence-corrected chi connectivity index (χ4v) is 1.91. The standard InChI is InChI=1S/C16H16N2O3/c1-12-10-17-21-15(12)16(20)18(2)11-14-7-4-3-6-13(14)8-5-9-19/h3-4,6-7,10,19H,9,11H2,1-2H3. The zero-order valence-corrected chi connectivity index (χ0v) is 12.0. The third kappa shape index (κ3) is 3.50. The highest BCUT2D eigenvalue weighted by Crippen LogP contribution is 2.14. The van der Waals surface area contributed by atoms with Crippen molar-refractivity contribution in [3.8, 4) is 11.8 Å². The average molecular weight is 284 g/mol. The van der Waals surface area contributed by atoms with Crippen LogP contribution in [0.15, 0.2) is 35.0 Å². The van der Waals surface area contributed by atoms with Gasteiger partial charge < -0.3 is 14.5 Å². The van der Waals surface area contributed by atoms with Gasteiger partial charge in [-0.05, 0) is 18.6 Å². The Kier molecular flexibility index (Phi) is 4.75. The maximum atomic E-state index is 12.3. The number of aliphatic hydroxyl groups excluding tert-OH is 1. The molecule has 0 spiro atoms. The summed E-state index contributed by atoms with van der Waals surface area (Å²) in [5, 5.41) is 12.4. The maximum absolute atomic E-state index is 12.3. The summed E-state index contributed by atoms with van der Waals surface area (Å²) in [4.78, 5) is 13.8. The molecule has 1 amide bonds. The molecule has 0 bridgehead atoms. The van der Waals surface area contributed by atoms with Crippen LogP contribution < -0.4 is 0 Å². The lowest BCUT2D eigenvalue weighted by molar-refractivity contribution is 0.0742. The van der Waals surface area contributed by atoms with Crippen LogP contribution in [-0.4, -0.2) is 34.7 Å². The van der Waals surface area contributed by atoms with Crippen molar-refractivity contribution < 1.29 is 14.4 Å². The second-order valence-corrected chi connectivity index (χ2v) is 4.62.